The maximum atomic E-state index is 12.5. The molecule has 3 aromatic rings. The zero-order valence-electron chi connectivity index (χ0n) is 18.4. The number of imidazole rings is 1. The first-order chi connectivity index (χ1) is 16.1. The molecule has 1 fully saturated rings. The van der Waals surface area contributed by atoms with Gasteiger partial charge in [-0.3, -0.25) is 9.59 Å². The number of fused-ring (bicyclic) bond motifs is 2. The molecule has 1 unspecified atom stereocenters. The lowest BCUT2D eigenvalue weighted by atomic mass is 9.98. The molecule has 2 aromatic heterocycles. The SMILES string of the molecule is NC(=O)CCC(=O)N1CCc2cccc(OCC3CCCN3c3ncnc4nc[nH]c34)c2C1. The average Bonchev–Trinajstić information content (AvgIpc) is 3.50. The van der Waals surface area contributed by atoms with Gasteiger partial charge in [-0.2, -0.15) is 0 Å². The summed E-state index contributed by atoms with van der Waals surface area (Å²) in [5.74, 6) is 1.15. The minimum absolute atomic E-state index is 0.0523. The van der Waals surface area contributed by atoms with Crippen LogP contribution in [0.4, 0.5) is 5.82 Å². The number of H-pyrrole nitrogens is 1. The number of anilines is 1. The summed E-state index contributed by atoms with van der Waals surface area (Å²) in [5.41, 5.74) is 8.94. The zero-order chi connectivity index (χ0) is 22.8. The van der Waals surface area contributed by atoms with Crippen molar-refractivity contribution in [1.82, 2.24) is 24.8 Å². The summed E-state index contributed by atoms with van der Waals surface area (Å²) in [6.07, 6.45) is 6.23. The van der Waals surface area contributed by atoms with Crippen molar-refractivity contribution in [2.45, 2.75) is 44.7 Å². The molecule has 2 aliphatic heterocycles. The highest BCUT2D eigenvalue weighted by Crippen LogP contribution is 2.31. The minimum atomic E-state index is -0.456. The summed E-state index contributed by atoms with van der Waals surface area (Å²) in [5, 5.41) is 0. The Morgan fingerprint density at radius 3 is 2.97 bits per heavy atom. The first kappa shape index (κ1) is 21.2. The maximum Gasteiger partial charge on any atom is 0.223 e. The topological polar surface area (TPSA) is 130 Å². The van der Waals surface area contributed by atoms with Crippen LogP contribution in [0.15, 0.2) is 30.9 Å². The Morgan fingerprint density at radius 1 is 1.18 bits per heavy atom. The van der Waals surface area contributed by atoms with Crippen molar-refractivity contribution in [3.05, 3.63) is 42.0 Å². The molecule has 2 aliphatic rings. The van der Waals surface area contributed by atoms with Gasteiger partial charge in [-0.15, -0.1) is 0 Å². The van der Waals surface area contributed by atoms with Crippen molar-refractivity contribution in [3.63, 3.8) is 0 Å². The van der Waals surface area contributed by atoms with E-state index in [4.69, 9.17) is 10.5 Å². The maximum absolute atomic E-state index is 12.5. The monoisotopic (exact) mass is 449 g/mol. The van der Waals surface area contributed by atoms with E-state index >= 15 is 0 Å². The third-order valence-corrected chi connectivity index (χ3v) is 6.45. The van der Waals surface area contributed by atoms with Gasteiger partial charge in [-0.25, -0.2) is 15.0 Å². The van der Waals surface area contributed by atoms with Crippen LogP contribution in [0.2, 0.25) is 0 Å². The molecule has 0 spiro atoms. The second-order valence-corrected chi connectivity index (χ2v) is 8.52. The third kappa shape index (κ3) is 4.33. The fourth-order valence-electron chi connectivity index (χ4n) is 4.73. The summed E-state index contributed by atoms with van der Waals surface area (Å²) < 4.78 is 6.34. The van der Waals surface area contributed by atoms with Gasteiger partial charge >= 0.3 is 0 Å². The van der Waals surface area contributed by atoms with Gasteiger partial charge in [-0.1, -0.05) is 12.1 Å². The van der Waals surface area contributed by atoms with Gasteiger partial charge in [0.15, 0.2) is 11.5 Å². The van der Waals surface area contributed by atoms with Crippen molar-refractivity contribution >= 4 is 28.8 Å². The van der Waals surface area contributed by atoms with E-state index in [0.717, 1.165) is 48.5 Å². The molecule has 0 bridgehead atoms. The van der Waals surface area contributed by atoms with Crippen LogP contribution in [-0.2, 0) is 22.6 Å². The number of benzene rings is 1. The standard InChI is InChI=1S/C23H27N7O3/c24-19(31)6-7-20(32)29-10-8-15-3-1-5-18(17(15)11-29)33-12-16-4-2-9-30(16)23-21-22(26-13-25-21)27-14-28-23/h1,3,5,13-14,16H,2,4,6-12H2,(H2,24,31)(H,25,26,27,28). The number of carbonyl (C=O) groups excluding carboxylic acids is 2. The van der Waals surface area contributed by atoms with Crippen LogP contribution in [0, 0.1) is 0 Å². The van der Waals surface area contributed by atoms with Crippen molar-refractivity contribution in [1.29, 1.82) is 0 Å². The first-order valence-corrected chi connectivity index (χ1v) is 11.3. The Labute approximate surface area is 191 Å². The number of nitrogens with one attached hydrogen (secondary N) is 1. The van der Waals surface area contributed by atoms with E-state index in [0.29, 0.717) is 25.3 Å². The van der Waals surface area contributed by atoms with Crippen LogP contribution in [0.25, 0.3) is 11.2 Å². The van der Waals surface area contributed by atoms with Gasteiger partial charge < -0.3 is 25.3 Å². The van der Waals surface area contributed by atoms with Gasteiger partial charge in [0, 0.05) is 38.0 Å². The molecule has 0 radical (unpaired) electrons. The van der Waals surface area contributed by atoms with Gasteiger partial charge in [0.2, 0.25) is 11.8 Å². The number of nitrogens with zero attached hydrogens (tertiary/aromatic N) is 5. The second-order valence-electron chi connectivity index (χ2n) is 8.52. The van der Waals surface area contributed by atoms with E-state index in [1.54, 1.807) is 17.6 Å². The number of nitrogens with two attached hydrogens (primary N) is 1. The molecule has 1 atom stereocenters. The van der Waals surface area contributed by atoms with Crippen LogP contribution in [0.5, 0.6) is 5.75 Å². The zero-order valence-corrected chi connectivity index (χ0v) is 18.4. The lowest BCUT2D eigenvalue weighted by molar-refractivity contribution is -0.134. The molecule has 10 nitrogen and oxygen atoms in total. The first-order valence-electron chi connectivity index (χ1n) is 11.3. The van der Waals surface area contributed by atoms with Crippen molar-refractivity contribution in [2.75, 3.05) is 24.6 Å². The van der Waals surface area contributed by atoms with Crippen molar-refractivity contribution < 1.29 is 14.3 Å². The average molecular weight is 450 g/mol. The Balaban J connectivity index is 1.29. The van der Waals surface area contributed by atoms with Crippen molar-refractivity contribution in [3.8, 4) is 5.75 Å². The number of amides is 2. The summed E-state index contributed by atoms with van der Waals surface area (Å²) >= 11 is 0. The molecule has 2 amide bonds. The Kier molecular flexibility index (Phi) is 5.80. The summed E-state index contributed by atoms with van der Waals surface area (Å²) in [6, 6.07) is 6.24. The lowest BCUT2D eigenvalue weighted by Gasteiger charge is -2.31. The largest absolute Gasteiger partial charge is 0.491 e. The number of hydrogen-bond donors (Lipinski definition) is 2. The highest BCUT2D eigenvalue weighted by Gasteiger charge is 2.29. The van der Waals surface area contributed by atoms with E-state index in [9.17, 15) is 9.59 Å². The van der Waals surface area contributed by atoms with E-state index in [1.165, 1.54) is 5.56 Å². The quantitative estimate of drug-likeness (QED) is 0.560. The second kappa shape index (κ2) is 9.05. The van der Waals surface area contributed by atoms with E-state index in [-0.39, 0.29) is 24.8 Å². The molecule has 3 N–H and O–H groups in total. The summed E-state index contributed by atoms with van der Waals surface area (Å²) in [6.45, 7) is 2.54. The Hall–Kier alpha value is -3.69. The number of primary amides is 1. The molecule has 33 heavy (non-hydrogen) atoms. The van der Waals surface area contributed by atoms with Crippen LogP contribution >= 0.6 is 0 Å². The van der Waals surface area contributed by atoms with Crippen LogP contribution in [0.1, 0.15) is 36.8 Å². The summed E-state index contributed by atoms with van der Waals surface area (Å²) in [4.78, 5) is 43.7. The van der Waals surface area contributed by atoms with Gasteiger partial charge in [-0.05, 0) is 30.9 Å². The fraction of sp³-hybridized carbons (Fsp3) is 0.435. The number of rotatable bonds is 7. The van der Waals surface area contributed by atoms with Gasteiger partial charge in [0.05, 0.1) is 12.4 Å². The summed E-state index contributed by atoms with van der Waals surface area (Å²) in [7, 11) is 0. The molecule has 10 heteroatoms. The normalized spacial score (nSPS) is 17.9. The van der Waals surface area contributed by atoms with Crippen LogP contribution < -0.4 is 15.4 Å². The molecule has 4 heterocycles. The minimum Gasteiger partial charge on any atom is -0.491 e. The van der Waals surface area contributed by atoms with Crippen molar-refractivity contribution in [2.24, 2.45) is 5.73 Å². The number of aromatic amines is 1. The van der Waals surface area contributed by atoms with Gasteiger partial charge in [0.1, 0.15) is 24.2 Å². The molecule has 172 valence electrons. The van der Waals surface area contributed by atoms with Crippen LogP contribution in [-0.4, -0.2) is 62.4 Å². The van der Waals surface area contributed by atoms with E-state index in [1.807, 2.05) is 12.1 Å². The van der Waals surface area contributed by atoms with E-state index in [2.05, 4.69) is 30.9 Å². The molecule has 0 saturated carbocycles. The highest BCUT2D eigenvalue weighted by atomic mass is 16.5. The molecule has 1 aromatic carbocycles. The number of hydrogen-bond acceptors (Lipinski definition) is 7. The highest BCUT2D eigenvalue weighted by molar-refractivity contribution is 5.83. The fourth-order valence-corrected chi connectivity index (χ4v) is 4.73. The van der Waals surface area contributed by atoms with E-state index < -0.39 is 5.91 Å². The number of aromatic nitrogens is 4. The lowest BCUT2D eigenvalue weighted by Crippen LogP contribution is -2.37. The molecule has 1 saturated heterocycles. The Bertz CT molecular complexity index is 1180. The molecule has 5 rings (SSSR count). The number of ether oxygens (including phenoxy) is 1. The predicted molar refractivity (Wildman–Crippen MR) is 122 cm³/mol. The van der Waals surface area contributed by atoms with Crippen LogP contribution in [0.3, 0.4) is 0 Å². The smallest absolute Gasteiger partial charge is 0.223 e. The molecule has 0 aliphatic carbocycles. The molecular weight excluding hydrogens is 422 g/mol. The number of carbonyl (C=O) groups is 2. The molecular formula is C23H27N7O3. The van der Waals surface area contributed by atoms with Gasteiger partial charge in [0.25, 0.3) is 0 Å². The Morgan fingerprint density at radius 2 is 2.09 bits per heavy atom. The third-order valence-electron chi connectivity index (χ3n) is 6.45. The predicted octanol–water partition coefficient (Wildman–Crippen LogP) is 1.55.